The minimum absolute atomic E-state index is 0.0989. The molecule has 2 N–H and O–H groups in total. The van der Waals surface area contributed by atoms with Crippen LogP contribution in [0.1, 0.15) is 50.2 Å². The zero-order chi connectivity index (χ0) is 22.0. The minimum Gasteiger partial charge on any atom is -0.486 e. The van der Waals surface area contributed by atoms with Gasteiger partial charge in [0.1, 0.15) is 12.4 Å². The fourth-order valence-corrected chi connectivity index (χ4v) is 4.26. The summed E-state index contributed by atoms with van der Waals surface area (Å²) in [5, 5.41) is 19.0. The SMILES string of the molecule is CC(Sc1nnc(COc2ccc(C(C)(C)C)cc2)n1N)c1nnc(-c2cccs2)o1. The highest BCUT2D eigenvalue weighted by Crippen LogP contribution is 2.34. The van der Waals surface area contributed by atoms with Crippen molar-refractivity contribution in [3.8, 4) is 16.5 Å². The number of rotatable bonds is 7. The molecule has 3 heterocycles. The summed E-state index contributed by atoms with van der Waals surface area (Å²) in [5.41, 5.74) is 1.35. The topological polar surface area (TPSA) is 105 Å². The van der Waals surface area contributed by atoms with E-state index in [1.165, 1.54) is 22.0 Å². The summed E-state index contributed by atoms with van der Waals surface area (Å²) in [6, 6.07) is 11.9. The molecule has 4 rings (SSSR count). The van der Waals surface area contributed by atoms with E-state index in [2.05, 4.69) is 53.3 Å². The zero-order valence-corrected chi connectivity index (χ0v) is 19.4. The van der Waals surface area contributed by atoms with Crippen LogP contribution in [-0.4, -0.2) is 25.1 Å². The monoisotopic (exact) mass is 456 g/mol. The summed E-state index contributed by atoms with van der Waals surface area (Å²) >= 11 is 2.95. The lowest BCUT2D eigenvalue weighted by atomic mass is 9.87. The van der Waals surface area contributed by atoms with E-state index in [4.69, 9.17) is 15.0 Å². The second-order valence-electron chi connectivity index (χ2n) is 8.01. The van der Waals surface area contributed by atoms with Crippen molar-refractivity contribution in [2.24, 2.45) is 0 Å². The van der Waals surface area contributed by atoms with E-state index in [1.54, 1.807) is 11.3 Å². The Morgan fingerprint density at radius 2 is 1.90 bits per heavy atom. The van der Waals surface area contributed by atoms with E-state index < -0.39 is 0 Å². The number of nitrogen functional groups attached to an aromatic ring is 1. The highest BCUT2D eigenvalue weighted by Gasteiger charge is 2.21. The van der Waals surface area contributed by atoms with Gasteiger partial charge in [-0.3, -0.25) is 0 Å². The Labute approximate surface area is 188 Å². The molecule has 3 aromatic heterocycles. The van der Waals surface area contributed by atoms with Gasteiger partial charge in [0, 0.05) is 0 Å². The van der Waals surface area contributed by atoms with Crippen LogP contribution in [0.15, 0.2) is 51.4 Å². The average molecular weight is 457 g/mol. The molecule has 0 aliphatic carbocycles. The Balaban J connectivity index is 1.38. The molecular weight excluding hydrogens is 432 g/mol. The van der Waals surface area contributed by atoms with E-state index in [1.807, 2.05) is 36.6 Å². The third-order valence-corrected chi connectivity index (χ3v) is 6.53. The van der Waals surface area contributed by atoms with Crippen LogP contribution in [0, 0.1) is 0 Å². The minimum atomic E-state index is -0.133. The van der Waals surface area contributed by atoms with Crippen molar-refractivity contribution >= 4 is 23.1 Å². The number of benzene rings is 1. The maximum atomic E-state index is 6.18. The molecule has 0 spiro atoms. The van der Waals surface area contributed by atoms with Gasteiger partial charge < -0.3 is 15.0 Å². The maximum Gasteiger partial charge on any atom is 0.257 e. The van der Waals surface area contributed by atoms with Gasteiger partial charge in [0.25, 0.3) is 5.89 Å². The number of nitrogens with two attached hydrogens (primary N) is 1. The van der Waals surface area contributed by atoms with Gasteiger partial charge in [-0.15, -0.1) is 31.7 Å². The maximum absolute atomic E-state index is 6.18. The molecule has 0 bridgehead atoms. The molecule has 162 valence electrons. The van der Waals surface area contributed by atoms with E-state index in [0.29, 0.717) is 22.8 Å². The molecule has 0 aliphatic heterocycles. The average Bonchev–Trinajstić information content (AvgIpc) is 3.48. The predicted octanol–water partition coefficient (Wildman–Crippen LogP) is 4.83. The number of hydrogen-bond donors (Lipinski definition) is 1. The molecular formula is C21H24N6O2S2. The summed E-state index contributed by atoms with van der Waals surface area (Å²) < 4.78 is 13.1. The molecule has 0 aliphatic rings. The fraction of sp³-hybridized carbons (Fsp3) is 0.333. The van der Waals surface area contributed by atoms with Crippen LogP contribution >= 0.6 is 23.1 Å². The van der Waals surface area contributed by atoms with Crippen LogP contribution < -0.4 is 10.6 Å². The van der Waals surface area contributed by atoms with Crippen molar-refractivity contribution in [3.63, 3.8) is 0 Å². The predicted molar refractivity (Wildman–Crippen MR) is 122 cm³/mol. The van der Waals surface area contributed by atoms with E-state index >= 15 is 0 Å². The van der Waals surface area contributed by atoms with Gasteiger partial charge in [-0.25, -0.2) is 4.68 Å². The van der Waals surface area contributed by atoms with E-state index in [0.717, 1.165) is 10.6 Å². The standard InChI is InChI=1S/C21H24N6O2S2/c1-13(18-24-25-19(29-18)16-6-5-11-30-16)31-20-26-23-17(27(20)22)12-28-15-9-7-14(8-10-15)21(2,3)4/h5-11,13H,12,22H2,1-4H3. The molecule has 0 fully saturated rings. The third-order valence-electron chi connectivity index (χ3n) is 4.63. The van der Waals surface area contributed by atoms with Crippen LogP contribution in [0.25, 0.3) is 10.8 Å². The molecule has 0 amide bonds. The van der Waals surface area contributed by atoms with Gasteiger partial charge in [-0.05, 0) is 41.5 Å². The molecule has 0 saturated heterocycles. The van der Waals surface area contributed by atoms with Crippen molar-refractivity contribution in [3.05, 3.63) is 59.1 Å². The van der Waals surface area contributed by atoms with Crippen LogP contribution in [0.4, 0.5) is 0 Å². The fourth-order valence-electron chi connectivity index (χ4n) is 2.79. The molecule has 0 saturated carbocycles. The summed E-state index contributed by atoms with van der Waals surface area (Å²) in [5.74, 6) is 8.49. The quantitative estimate of drug-likeness (QED) is 0.311. The lowest BCUT2D eigenvalue weighted by molar-refractivity contribution is 0.291. The van der Waals surface area contributed by atoms with Gasteiger partial charge in [0.15, 0.2) is 5.82 Å². The first-order valence-electron chi connectivity index (χ1n) is 9.78. The number of aromatic nitrogens is 5. The van der Waals surface area contributed by atoms with Crippen LogP contribution in [0.3, 0.4) is 0 Å². The molecule has 8 nitrogen and oxygen atoms in total. The lowest BCUT2D eigenvalue weighted by Gasteiger charge is -2.19. The first-order valence-corrected chi connectivity index (χ1v) is 11.5. The number of thioether (sulfide) groups is 1. The van der Waals surface area contributed by atoms with Gasteiger partial charge in [-0.2, -0.15) is 0 Å². The first-order chi connectivity index (χ1) is 14.8. The summed E-state index contributed by atoms with van der Waals surface area (Å²) in [4.78, 5) is 0.938. The summed E-state index contributed by atoms with van der Waals surface area (Å²) in [7, 11) is 0. The Bertz CT molecular complexity index is 1130. The normalized spacial score (nSPS) is 12.8. The van der Waals surface area contributed by atoms with Crippen molar-refractivity contribution in [1.82, 2.24) is 25.1 Å². The van der Waals surface area contributed by atoms with Gasteiger partial charge in [0.2, 0.25) is 11.0 Å². The van der Waals surface area contributed by atoms with Gasteiger partial charge in [-0.1, -0.05) is 50.7 Å². The van der Waals surface area contributed by atoms with Crippen LogP contribution in [0.2, 0.25) is 0 Å². The third kappa shape index (κ3) is 4.91. The largest absolute Gasteiger partial charge is 0.486 e. The second-order valence-corrected chi connectivity index (χ2v) is 10.3. The Morgan fingerprint density at radius 3 is 2.58 bits per heavy atom. The zero-order valence-electron chi connectivity index (χ0n) is 17.8. The van der Waals surface area contributed by atoms with Crippen molar-refractivity contribution < 1.29 is 9.15 Å². The molecule has 10 heteroatoms. The number of ether oxygens (including phenoxy) is 1. The van der Waals surface area contributed by atoms with Crippen molar-refractivity contribution in [2.45, 2.75) is 50.1 Å². The molecule has 0 radical (unpaired) electrons. The molecule has 1 atom stereocenters. The van der Waals surface area contributed by atoms with Crippen LogP contribution in [0.5, 0.6) is 5.75 Å². The smallest absolute Gasteiger partial charge is 0.257 e. The highest BCUT2D eigenvalue weighted by molar-refractivity contribution is 7.99. The van der Waals surface area contributed by atoms with Crippen molar-refractivity contribution in [2.75, 3.05) is 5.84 Å². The van der Waals surface area contributed by atoms with Gasteiger partial charge >= 0.3 is 0 Å². The molecule has 31 heavy (non-hydrogen) atoms. The molecule has 4 aromatic rings. The molecule has 1 unspecified atom stereocenters. The highest BCUT2D eigenvalue weighted by atomic mass is 32.2. The first kappa shape index (κ1) is 21.4. The van der Waals surface area contributed by atoms with E-state index in [9.17, 15) is 0 Å². The number of thiophene rings is 1. The van der Waals surface area contributed by atoms with E-state index in [-0.39, 0.29) is 17.3 Å². The summed E-state index contributed by atoms with van der Waals surface area (Å²) in [6.07, 6.45) is 0. The second kappa shape index (κ2) is 8.72. The Kier molecular flexibility index (Phi) is 6.01. The number of nitrogens with zero attached hydrogens (tertiary/aromatic N) is 5. The number of hydrogen-bond acceptors (Lipinski definition) is 9. The van der Waals surface area contributed by atoms with Gasteiger partial charge in [0.05, 0.1) is 10.1 Å². The Morgan fingerprint density at radius 1 is 1.13 bits per heavy atom. The summed E-state index contributed by atoms with van der Waals surface area (Å²) in [6.45, 7) is 8.71. The lowest BCUT2D eigenvalue weighted by Crippen LogP contribution is -2.16. The molecule has 1 aromatic carbocycles. The Hall–Kier alpha value is -2.85. The van der Waals surface area contributed by atoms with Crippen LogP contribution in [-0.2, 0) is 12.0 Å². The van der Waals surface area contributed by atoms with Crippen molar-refractivity contribution in [1.29, 1.82) is 0 Å².